The Kier molecular flexibility index (Phi) is 11.4. The van der Waals surface area contributed by atoms with Crippen LogP contribution in [0.25, 0.3) is 0 Å². The fourth-order valence-electron chi connectivity index (χ4n) is 1.22. The molecule has 3 heteroatoms. The molecule has 0 aromatic heterocycles. The van der Waals surface area contributed by atoms with Crippen LogP contribution in [0, 0.1) is 0 Å². The van der Waals surface area contributed by atoms with Crippen LogP contribution in [-0.2, 0) is 0 Å². The molecular weight excluding hydrogens is 172 g/mol. The number of hydrazine groups is 1. The second kappa shape index (κ2) is 11.2. The summed E-state index contributed by atoms with van der Waals surface area (Å²) in [7, 11) is 0. The zero-order valence-electron chi connectivity index (χ0n) is 8.03. The topological polar surface area (TPSA) is 24.1 Å². The summed E-state index contributed by atoms with van der Waals surface area (Å²) in [5, 5.41) is 0. The highest BCUT2D eigenvalue weighted by atomic mass is 35.5. The van der Waals surface area contributed by atoms with Crippen molar-refractivity contribution < 1.29 is 0 Å². The third kappa shape index (κ3) is 10.2. The summed E-state index contributed by atoms with van der Waals surface area (Å²) in [6.07, 6.45) is 9.41. The minimum absolute atomic E-state index is 0.970. The molecule has 0 amide bonds. The normalized spacial score (nSPS) is 10.5. The molecule has 2 N–H and O–H groups in total. The zero-order chi connectivity index (χ0) is 9.07. The molecule has 0 saturated carbocycles. The number of unbranched alkanes of at least 4 members (excludes halogenated alkanes) is 6. The monoisotopic (exact) mass is 192 g/mol. The quantitative estimate of drug-likeness (QED) is 0.334. The van der Waals surface area contributed by atoms with Crippen molar-refractivity contribution in [3.8, 4) is 0 Å². The molecule has 0 unspecified atom stereocenters. The van der Waals surface area contributed by atoms with Crippen LogP contribution in [0.2, 0.25) is 0 Å². The Bertz CT molecular complexity index is 68.9. The summed E-state index contributed by atoms with van der Waals surface area (Å²) >= 11 is 5.22. The van der Waals surface area contributed by atoms with Gasteiger partial charge in [0, 0.05) is 6.54 Å². The highest BCUT2D eigenvalue weighted by Gasteiger charge is 1.89. The second-order valence-corrected chi connectivity index (χ2v) is 3.33. The predicted molar refractivity (Wildman–Crippen MR) is 55.0 cm³/mol. The number of hydrogen-bond donors (Lipinski definition) is 2. The SMILES string of the molecule is CCCCCCCCCNNCl. The van der Waals surface area contributed by atoms with Crippen LogP contribution >= 0.6 is 11.8 Å². The molecule has 0 saturated heterocycles. The molecular formula is C9H21ClN2. The molecule has 12 heavy (non-hydrogen) atoms. The lowest BCUT2D eigenvalue weighted by atomic mass is 10.1. The molecule has 0 spiro atoms. The van der Waals surface area contributed by atoms with E-state index in [9.17, 15) is 0 Å². The number of nitrogens with one attached hydrogen (secondary N) is 2. The van der Waals surface area contributed by atoms with E-state index < -0.39 is 0 Å². The van der Waals surface area contributed by atoms with Crippen LogP contribution in [-0.4, -0.2) is 6.54 Å². The van der Waals surface area contributed by atoms with Crippen molar-refractivity contribution >= 4 is 11.8 Å². The molecule has 0 heterocycles. The summed E-state index contributed by atoms with van der Waals surface area (Å²) in [5.74, 6) is 0. The molecule has 0 bridgehead atoms. The van der Waals surface area contributed by atoms with Gasteiger partial charge < -0.3 is 0 Å². The fraction of sp³-hybridized carbons (Fsp3) is 1.00. The van der Waals surface area contributed by atoms with Crippen LogP contribution in [0.5, 0.6) is 0 Å². The van der Waals surface area contributed by atoms with Crippen LogP contribution in [0.1, 0.15) is 51.9 Å². The summed E-state index contributed by atoms with van der Waals surface area (Å²) in [4.78, 5) is 2.40. The molecule has 74 valence electrons. The Morgan fingerprint density at radius 2 is 1.50 bits per heavy atom. The van der Waals surface area contributed by atoms with E-state index in [-0.39, 0.29) is 0 Å². The molecule has 0 rings (SSSR count). The third-order valence-electron chi connectivity index (χ3n) is 1.97. The van der Waals surface area contributed by atoms with E-state index in [1.165, 1.54) is 44.9 Å². The van der Waals surface area contributed by atoms with E-state index in [2.05, 4.69) is 17.3 Å². The largest absolute Gasteiger partial charge is 0.244 e. The maximum absolute atomic E-state index is 5.22. The molecule has 0 aromatic rings. The van der Waals surface area contributed by atoms with E-state index in [4.69, 9.17) is 11.8 Å². The van der Waals surface area contributed by atoms with E-state index in [0.717, 1.165) is 6.54 Å². The summed E-state index contributed by atoms with van der Waals surface area (Å²) in [6.45, 7) is 3.22. The van der Waals surface area contributed by atoms with Gasteiger partial charge in [0.25, 0.3) is 0 Å². The van der Waals surface area contributed by atoms with Gasteiger partial charge in [-0.2, -0.15) is 4.94 Å². The van der Waals surface area contributed by atoms with Gasteiger partial charge in [-0.1, -0.05) is 45.4 Å². The third-order valence-corrected chi connectivity index (χ3v) is 2.11. The minimum Gasteiger partial charge on any atom is -0.244 e. The Balaban J connectivity index is 2.73. The lowest BCUT2D eigenvalue weighted by Gasteiger charge is -2.01. The Morgan fingerprint density at radius 1 is 0.917 bits per heavy atom. The van der Waals surface area contributed by atoms with Crippen molar-refractivity contribution in [3.63, 3.8) is 0 Å². The van der Waals surface area contributed by atoms with Crippen LogP contribution in [0.4, 0.5) is 0 Å². The maximum atomic E-state index is 5.22. The molecule has 0 atom stereocenters. The standard InChI is InChI=1S/C9H21ClN2/c1-2-3-4-5-6-7-8-9-11-12-10/h11-12H,2-9H2,1H3. The molecule has 0 aliphatic carbocycles. The van der Waals surface area contributed by atoms with Crippen molar-refractivity contribution in [1.29, 1.82) is 0 Å². The van der Waals surface area contributed by atoms with Gasteiger partial charge in [0.2, 0.25) is 0 Å². The van der Waals surface area contributed by atoms with Gasteiger partial charge >= 0.3 is 0 Å². The van der Waals surface area contributed by atoms with Crippen LogP contribution in [0.15, 0.2) is 0 Å². The van der Waals surface area contributed by atoms with Crippen LogP contribution in [0.3, 0.4) is 0 Å². The van der Waals surface area contributed by atoms with Gasteiger partial charge in [0.1, 0.15) is 0 Å². The first-order valence-electron chi connectivity index (χ1n) is 5.00. The Hall–Kier alpha value is 0.210. The first-order chi connectivity index (χ1) is 5.91. The lowest BCUT2D eigenvalue weighted by Crippen LogP contribution is -2.23. The number of rotatable bonds is 9. The van der Waals surface area contributed by atoms with Crippen molar-refractivity contribution in [3.05, 3.63) is 0 Å². The van der Waals surface area contributed by atoms with Gasteiger partial charge in [0.15, 0.2) is 0 Å². The van der Waals surface area contributed by atoms with Gasteiger partial charge in [-0.15, -0.1) is 0 Å². The molecule has 0 aliphatic heterocycles. The first kappa shape index (κ1) is 12.2. The smallest absolute Gasteiger partial charge is 0.0112 e. The molecule has 0 aromatic carbocycles. The average Bonchev–Trinajstić information content (AvgIpc) is 2.10. The highest BCUT2D eigenvalue weighted by Crippen LogP contribution is 2.05. The Labute approximate surface area is 81.1 Å². The molecule has 0 fully saturated rings. The minimum atomic E-state index is 0.970. The van der Waals surface area contributed by atoms with Crippen molar-refractivity contribution in [1.82, 2.24) is 10.4 Å². The fourth-order valence-corrected chi connectivity index (χ4v) is 1.31. The van der Waals surface area contributed by atoms with Gasteiger partial charge in [-0.25, -0.2) is 5.43 Å². The number of halogens is 1. The zero-order valence-corrected chi connectivity index (χ0v) is 8.79. The predicted octanol–water partition coefficient (Wildman–Crippen LogP) is 2.99. The Morgan fingerprint density at radius 3 is 2.08 bits per heavy atom. The van der Waals surface area contributed by atoms with Gasteiger partial charge in [-0.05, 0) is 18.2 Å². The summed E-state index contributed by atoms with van der Waals surface area (Å²) in [6, 6.07) is 0. The van der Waals surface area contributed by atoms with E-state index in [1.54, 1.807) is 0 Å². The molecule has 0 aliphatic rings. The molecule has 2 nitrogen and oxygen atoms in total. The van der Waals surface area contributed by atoms with Crippen LogP contribution < -0.4 is 10.4 Å². The van der Waals surface area contributed by atoms with Crippen molar-refractivity contribution in [2.75, 3.05) is 6.54 Å². The summed E-state index contributed by atoms with van der Waals surface area (Å²) < 4.78 is 0. The molecule has 0 radical (unpaired) electrons. The highest BCUT2D eigenvalue weighted by molar-refractivity contribution is 6.13. The second-order valence-electron chi connectivity index (χ2n) is 3.14. The van der Waals surface area contributed by atoms with Crippen molar-refractivity contribution in [2.24, 2.45) is 0 Å². The average molecular weight is 193 g/mol. The lowest BCUT2D eigenvalue weighted by molar-refractivity contribution is 0.558. The van der Waals surface area contributed by atoms with E-state index >= 15 is 0 Å². The number of hydrogen-bond acceptors (Lipinski definition) is 2. The van der Waals surface area contributed by atoms with E-state index in [1.807, 2.05) is 0 Å². The van der Waals surface area contributed by atoms with E-state index in [0.29, 0.717) is 0 Å². The van der Waals surface area contributed by atoms with Gasteiger partial charge in [-0.3, -0.25) is 0 Å². The maximum Gasteiger partial charge on any atom is 0.0112 e. The van der Waals surface area contributed by atoms with Crippen molar-refractivity contribution in [2.45, 2.75) is 51.9 Å². The summed E-state index contributed by atoms with van der Waals surface area (Å²) in [5.41, 5.74) is 2.87. The first-order valence-corrected chi connectivity index (χ1v) is 5.38. The van der Waals surface area contributed by atoms with Gasteiger partial charge in [0.05, 0.1) is 0 Å².